The lowest BCUT2D eigenvalue weighted by atomic mass is 9.76. The van der Waals surface area contributed by atoms with Gasteiger partial charge >= 0.3 is 6.18 Å². The standard InChI is InChI=1S/C29H28F3NO2/c1-6-20(13-12-19(2)29(30,31)32)26(34)22-15-14-21-16-17-28(35-25(21)18-22)27(3,4)23-10-8-7-9-11-24(23)33(28)5/h6-7,9-18H,2,8H2,1,3-5H3/b13-12-,20-6+. The van der Waals surface area contributed by atoms with Gasteiger partial charge in [0.15, 0.2) is 5.78 Å². The normalized spacial score (nSPS) is 22.9. The van der Waals surface area contributed by atoms with Crippen LogP contribution in [0.2, 0.25) is 0 Å². The highest BCUT2D eigenvalue weighted by Gasteiger charge is 2.59. The second-order valence-electron chi connectivity index (χ2n) is 9.33. The third kappa shape index (κ3) is 4.01. The predicted molar refractivity (Wildman–Crippen MR) is 133 cm³/mol. The Balaban J connectivity index is 1.68. The van der Waals surface area contributed by atoms with Crippen LogP contribution < -0.4 is 4.74 Å². The van der Waals surface area contributed by atoms with Crippen molar-refractivity contribution in [2.45, 2.75) is 39.1 Å². The minimum absolute atomic E-state index is 0.138. The summed E-state index contributed by atoms with van der Waals surface area (Å²) in [7, 11) is 1.99. The zero-order chi connectivity index (χ0) is 25.6. The Kier molecular flexibility index (Phi) is 6.04. The number of hydrogen-bond donors (Lipinski definition) is 0. The van der Waals surface area contributed by atoms with E-state index in [1.165, 1.54) is 11.6 Å². The lowest BCUT2D eigenvalue weighted by molar-refractivity contribution is -0.0878. The van der Waals surface area contributed by atoms with E-state index >= 15 is 0 Å². The van der Waals surface area contributed by atoms with E-state index < -0.39 is 23.3 Å². The summed E-state index contributed by atoms with van der Waals surface area (Å²) in [6.07, 6.45) is 12.2. The first-order valence-corrected chi connectivity index (χ1v) is 11.4. The minimum atomic E-state index is -4.55. The van der Waals surface area contributed by atoms with Crippen molar-refractivity contribution in [1.29, 1.82) is 0 Å². The van der Waals surface area contributed by atoms with Gasteiger partial charge in [0.25, 0.3) is 0 Å². The molecule has 1 unspecified atom stereocenters. The zero-order valence-electron chi connectivity index (χ0n) is 20.2. The number of nitrogens with zero attached hydrogens (tertiary/aromatic N) is 1. The molecule has 182 valence electrons. The number of fused-ring (bicyclic) bond motifs is 2. The summed E-state index contributed by atoms with van der Waals surface area (Å²) < 4.78 is 45.1. The Hall–Kier alpha value is -3.54. The van der Waals surface area contributed by atoms with Crippen LogP contribution in [0.1, 0.15) is 43.1 Å². The van der Waals surface area contributed by atoms with Gasteiger partial charge in [-0.3, -0.25) is 4.79 Å². The van der Waals surface area contributed by atoms with Gasteiger partial charge in [-0.1, -0.05) is 49.1 Å². The predicted octanol–water partition coefficient (Wildman–Crippen LogP) is 7.33. The Morgan fingerprint density at radius 2 is 1.97 bits per heavy atom. The van der Waals surface area contributed by atoms with Crippen molar-refractivity contribution in [2.75, 3.05) is 7.05 Å². The van der Waals surface area contributed by atoms with Crippen molar-refractivity contribution >= 4 is 11.9 Å². The van der Waals surface area contributed by atoms with Crippen LogP contribution in [0, 0.1) is 5.41 Å². The quantitative estimate of drug-likeness (QED) is 0.257. The van der Waals surface area contributed by atoms with Gasteiger partial charge in [0.1, 0.15) is 5.75 Å². The molecule has 6 heteroatoms. The van der Waals surface area contributed by atoms with Crippen LogP contribution in [0.15, 0.2) is 95.8 Å². The monoisotopic (exact) mass is 479 g/mol. The van der Waals surface area contributed by atoms with Crippen molar-refractivity contribution in [1.82, 2.24) is 4.90 Å². The summed E-state index contributed by atoms with van der Waals surface area (Å²) in [6.45, 7) is 8.91. The molecule has 3 nitrogen and oxygen atoms in total. The Bertz CT molecular complexity index is 1270. The number of carbonyl (C=O) groups is 1. The molecule has 2 aliphatic heterocycles. The minimum Gasteiger partial charge on any atom is -0.463 e. The highest BCUT2D eigenvalue weighted by atomic mass is 19.4. The molecule has 3 aliphatic rings. The van der Waals surface area contributed by atoms with Crippen LogP contribution in [0.5, 0.6) is 5.75 Å². The van der Waals surface area contributed by atoms with Gasteiger partial charge in [0, 0.05) is 35.0 Å². The molecule has 1 aliphatic carbocycles. The number of allylic oxidation sites excluding steroid dienone is 10. The molecule has 0 radical (unpaired) electrons. The van der Waals surface area contributed by atoms with Crippen molar-refractivity contribution in [2.24, 2.45) is 5.41 Å². The van der Waals surface area contributed by atoms with Gasteiger partial charge in [0.2, 0.25) is 5.72 Å². The van der Waals surface area contributed by atoms with Crippen LogP contribution in [-0.4, -0.2) is 29.6 Å². The summed E-state index contributed by atoms with van der Waals surface area (Å²) >= 11 is 0. The average molecular weight is 480 g/mol. The van der Waals surface area contributed by atoms with E-state index in [1.807, 2.05) is 19.2 Å². The smallest absolute Gasteiger partial charge is 0.415 e. The maximum absolute atomic E-state index is 13.1. The molecular formula is C29H28F3NO2. The van der Waals surface area contributed by atoms with E-state index in [9.17, 15) is 18.0 Å². The van der Waals surface area contributed by atoms with Gasteiger partial charge in [-0.05, 0) is 63.1 Å². The number of ketones is 1. The van der Waals surface area contributed by atoms with E-state index in [-0.39, 0.29) is 11.0 Å². The van der Waals surface area contributed by atoms with Crippen LogP contribution in [0.3, 0.4) is 0 Å². The molecule has 1 spiro atoms. The average Bonchev–Trinajstić information content (AvgIpc) is 3.01. The van der Waals surface area contributed by atoms with E-state index in [2.05, 4.69) is 49.6 Å². The summed E-state index contributed by atoms with van der Waals surface area (Å²) in [5, 5.41) is 0. The van der Waals surface area contributed by atoms with E-state index in [0.29, 0.717) is 11.3 Å². The second-order valence-corrected chi connectivity index (χ2v) is 9.33. The molecule has 1 aromatic rings. The molecule has 1 saturated heterocycles. The van der Waals surface area contributed by atoms with Gasteiger partial charge < -0.3 is 9.64 Å². The molecule has 35 heavy (non-hydrogen) atoms. The van der Waals surface area contributed by atoms with Crippen LogP contribution in [-0.2, 0) is 0 Å². The number of carbonyl (C=O) groups excluding carboxylic acids is 1. The molecule has 2 heterocycles. The molecule has 0 aromatic heterocycles. The summed E-state index contributed by atoms with van der Waals surface area (Å²) in [5.74, 6) is 0.152. The third-order valence-corrected chi connectivity index (χ3v) is 6.98. The first-order chi connectivity index (χ1) is 16.4. The number of hydrogen-bond acceptors (Lipinski definition) is 3. The van der Waals surface area contributed by atoms with Gasteiger partial charge in [-0.15, -0.1) is 0 Å². The number of alkyl halides is 3. The number of benzene rings is 1. The van der Waals surface area contributed by atoms with Crippen molar-refractivity contribution in [3.63, 3.8) is 0 Å². The highest BCUT2D eigenvalue weighted by molar-refractivity contribution is 6.10. The molecule has 1 atom stereocenters. The maximum atomic E-state index is 13.1. The van der Waals surface area contributed by atoms with Crippen molar-refractivity contribution in [3.8, 4) is 5.75 Å². The molecule has 0 saturated carbocycles. The topological polar surface area (TPSA) is 29.5 Å². The van der Waals surface area contributed by atoms with Crippen molar-refractivity contribution < 1.29 is 22.7 Å². The van der Waals surface area contributed by atoms with Gasteiger partial charge in [-0.25, -0.2) is 0 Å². The second kappa shape index (κ2) is 8.59. The maximum Gasteiger partial charge on any atom is 0.415 e. The van der Waals surface area contributed by atoms with E-state index in [1.54, 1.807) is 25.1 Å². The first-order valence-electron chi connectivity index (χ1n) is 11.4. The van der Waals surface area contributed by atoms with Crippen molar-refractivity contribution in [3.05, 3.63) is 107 Å². The Labute approximate surface area is 204 Å². The Morgan fingerprint density at radius 3 is 2.66 bits per heavy atom. The van der Waals surface area contributed by atoms with Crippen LogP contribution >= 0.6 is 0 Å². The molecule has 1 aromatic carbocycles. The molecule has 0 N–H and O–H groups in total. The Morgan fingerprint density at radius 1 is 1.23 bits per heavy atom. The zero-order valence-corrected chi connectivity index (χ0v) is 20.2. The number of rotatable bonds is 4. The lowest BCUT2D eigenvalue weighted by Gasteiger charge is -2.45. The fraction of sp³-hybridized carbons (Fsp3) is 0.276. The lowest BCUT2D eigenvalue weighted by Crippen LogP contribution is -2.54. The number of ether oxygens (including phenoxy) is 1. The summed E-state index contributed by atoms with van der Waals surface area (Å²) in [4.78, 5) is 15.2. The van der Waals surface area contributed by atoms with Crippen LogP contribution in [0.4, 0.5) is 13.2 Å². The largest absolute Gasteiger partial charge is 0.463 e. The van der Waals surface area contributed by atoms with E-state index in [0.717, 1.165) is 29.8 Å². The molecular weight excluding hydrogens is 451 g/mol. The molecule has 1 fully saturated rings. The fourth-order valence-electron chi connectivity index (χ4n) is 4.85. The number of Topliss-reactive ketones (excluding diaryl/α,β-unsaturated/α-hetero) is 1. The third-order valence-electron chi connectivity index (χ3n) is 6.98. The number of halogens is 3. The number of likely N-dealkylation sites (tertiary alicyclic amines) is 1. The fourth-order valence-corrected chi connectivity index (χ4v) is 4.85. The summed E-state index contributed by atoms with van der Waals surface area (Å²) in [6, 6.07) is 5.12. The summed E-state index contributed by atoms with van der Waals surface area (Å²) in [5.41, 5.74) is 1.37. The van der Waals surface area contributed by atoms with E-state index in [4.69, 9.17) is 4.74 Å². The molecule has 0 amide bonds. The SMILES string of the molecule is C=C(/C=C\C(=C/C)C(=O)c1ccc2c(c1)OC1(C=C2)N(C)C2=CC=CCC=C2C1(C)C)C(F)(F)F. The van der Waals surface area contributed by atoms with Crippen LogP contribution in [0.25, 0.3) is 6.08 Å². The first kappa shape index (κ1) is 24.6. The molecule has 0 bridgehead atoms. The van der Waals surface area contributed by atoms with Gasteiger partial charge in [0.05, 0.1) is 5.41 Å². The highest BCUT2D eigenvalue weighted by Crippen LogP contribution is 2.56. The number of likely N-dealkylation sites (N-methyl/N-ethyl adjacent to an activating group) is 1. The van der Waals surface area contributed by atoms with Gasteiger partial charge in [-0.2, -0.15) is 13.2 Å². The molecule has 4 rings (SSSR count).